The topological polar surface area (TPSA) is 84.9 Å². The van der Waals surface area contributed by atoms with Gasteiger partial charge in [0.05, 0.1) is 13.5 Å². The highest BCUT2D eigenvalue weighted by Crippen LogP contribution is 2.24. The van der Waals surface area contributed by atoms with E-state index < -0.39 is 18.1 Å². The molecule has 27 heavy (non-hydrogen) atoms. The number of methoxy groups -OCH3 is 1. The number of nitrogens with one attached hydrogen (secondary N) is 1. The van der Waals surface area contributed by atoms with Gasteiger partial charge in [-0.2, -0.15) is 0 Å². The van der Waals surface area contributed by atoms with Crippen molar-refractivity contribution in [2.24, 2.45) is 0 Å². The Morgan fingerprint density at radius 3 is 2.33 bits per heavy atom. The summed E-state index contributed by atoms with van der Waals surface area (Å²) in [7, 11) is 1.60. The summed E-state index contributed by atoms with van der Waals surface area (Å²) in [6.45, 7) is 2.13. The molecule has 1 unspecified atom stereocenters. The summed E-state index contributed by atoms with van der Waals surface area (Å²) in [5, 5.41) is 11.8. The van der Waals surface area contributed by atoms with E-state index in [-0.39, 0.29) is 18.9 Å². The third-order valence-electron chi connectivity index (χ3n) is 4.28. The van der Waals surface area contributed by atoms with Crippen LogP contribution >= 0.6 is 0 Å². The van der Waals surface area contributed by atoms with Crippen LogP contribution in [0.4, 0.5) is 4.79 Å². The van der Waals surface area contributed by atoms with E-state index in [0.717, 1.165) is 16.9 Å². The highest BCUT2D eigenvalue weighted by molar-refractivity contribution is 5.71. The Hall–Kier alpha value is -3.02. The van der Waals surface area contributed by atoms with Gasteiger partial charge in [-0.15, -0.1) is 0 Å². The maximum atomic E-state index is 12.1. The maximum Gasteiger partial charge on any atom is 0.407 e. The molecule has 6 heteroatoms. The predicted molar refractivity (Wildman–Crippen MR) is 102 cm³/mol. The van der Waals surface area contributed by atoms with E-state index in [1.165, 1.54) is 0 Å². The minimum atomic E-state index is -0.967. The van der Waals surface area contributed by atoms with Crippen molar-refractivity contribution in [3.63, 3.8) is 0 Å². The molecule has 2 N–H and O–H groups in total. The molecule has 0 aliphatic heterocycles. The zero-order valence-corrected chi connectivity index (χ0v) is 15.6. The van der Waals surface area contributed by atoms with Crippen LogP contribution in [0.25, 0.3) is 0 Å². The van der Waals surface area contributed by atoms with Crippen LogP contribution in [0.1, 0.15) is 36.8 Å². The van der Waals surface area contributed by atoms with Crippen LogP contribution in [0, 0.1) is 0 Å². The molecule has 1 amide bonds. The zero-order chi connectivity index (χ0) is 19.6. The molecular weight excluding hydrogens is 346 g/mol. The Labute approximate surface area is 159 Å². The van der Waals surface area contributed by atoms with Gasteiger partial charge in [0.1, 0.15) is 12.4 Å². The highest BCUT2D eigenvalue weighted by Gasteiger charge is 2.20. The first kappa shape index (κ1) is 20.3. The van der Waals surface area contributed by atoms with Crippen molar-refractivity contribution in [1.82, 2.24) is 5.32 Å². The highest BCUT2D eigenvalue weighted by atomic mass is 16.5. The second-order valence-electron chi connectivity index (χ2n) is 6.41. The molecule has 0 heterocycles. The number of carbonyl (C=O) groups is 2. The number of amides is 1. The van der Waals surface area contributed by atoms with Gasteiger partial charge < -0.3 is 19.9 Å². The van der Waals surface area contributed by atoms with Crippen molar-refractivity contribution in [2.75, 3.05) is 7.11 Å². The molecule has 0 aromatic heterocycles. The summed E-state index contributed by atoms with van der Waals surface area (Å²) in [4.78, 5) is 23.2. The smallest absolute Gasteiger partial charge is 0.407 e. The SMILES string of the molecule is COc1ccc(C(C)C[C@@H](CC(=O)O)NC(=O)OCc2ccccc2)cc1. The second kappa shape index (κ2) is 10.2. The van der Waals surface area contributed by atoms with E-state index in [0.29, 0.717) is 6.42 Å². The maximum absolute atomic E-state index is 12.1. The van der Waals surface area contributed by atoms with Gasteiger partial charge in [-0.1, -0.05) is 49.4 Å². The Balaban J connectivity index is 1.92. The number of alkyl carbamates (subject to hydrolysis) is 1. The molecule has 0 saturated heterocycles. The molecule has 2 aromatic carbocycles. The summed E-state index contributed by atoms with van der Waals surface area (Å²) >= 11 is 0. The van der Waals surface area contributed by atoms with E-state index in [1.54, 1.807) is 7.11 Å². The molecule has 0 bridgehead atoms. The largest absolute Gasteiger partial charge is 0.497 e. The molecule has 0 aliphatic rings. The third kappa shape index (κ3) is 7.01. The van der Waals surface area contributed by atoms with Gasteiger partial charge >= 0.3 is 12.1 Å². The standard InChI is InChI=1S/C21H25NO5/c1-15(17-8-10-19(26-2)11-9-17)12-18(13-20(23)24)22-21(25)27-14-16-6-4-3-5-7-16/h3-11,15,18H,12-14H2,1-2H3,(H,22,25)(H,23,24)/t15?,18-/m0/s1. The Morgan fingerprint density at radius 1 is 1.07 bits per heavy atom. The molecule has 6 nitrogen and oxygen atoms in total. The minimum Gasteiger partial charge on any atom is -0.497 e. The first-order valence-electron chi connectivity index (χ1n) is 8.81. The number of carboxylic acid groups (broad SMARTS) is 1. The van der Waals surface area contributed by atoms with Crippen LogP contribution in [0.3, 0.4) is 0 Å². The van der Waals surface area contributed by atoms with Crippen LogP contribution in [0.15, 0.2) is 54.6 Å². The minimum absolute atomic E-state index is 0.0645. The number of carbonyl (C=O) groups excluding carboxylic acids is 1. The number of ether oxygens (including phenoxy) is 2. The number of aliphatic carboxylic acids is 1. The lowest BCUT2D eigenvalue weighted by Crippen LogP contribution is -2.37. The van der Waals surface area contributed by atoms with Crippen molar-refractivity contribution in [1.29, 1.82) is 0 Å². The molecule has 0 saturated carbocycles. The molecule has 0 spiro atoms. The van der Waals surface area contributed by atoms with E-state index in [1.807, 2.05) is 61.5 Å². The second-order valence-corrected chi connectivity index (χ2v) is 6.41. The zero-order valence-electron chi connectivity index (χ0n) is 15.6. The van der Waals surface area contributed by atoms with Gasteiger partial charge in [-0.25, -0.2) is 4.79 Å². The van der Waals surface area contributed by atoms with E-state index in [4.69, 9.17) is 14.6 Å². The number of rotatable bonds is 9. The fraction of sp³-hybridized carbons (Fsp3) is 0.333. The molecule has 144 valence electrons. The van der Waals surface area contributed by atoms with E-state index in [9.17, 15) is 9.59 Å². The summed E-state index contributed by atoms with van der Waals surface area (Å²) in [6, 6.07) is 16.4. The average Bonchev–Trinajstić information content (AvgIpc) is 2.66. The van der Waals surface area contributed by atoms with Gasteiger partial charge in [-0.3, -0.25) is 4.79 Å². The Kier molecular flexibility index (Phi) is 7.67. The number of carboxylic acids is 1. The fourth-order valence-corrected chi connectivity index (χ4v) is 2.83. The van der Waals surface area contributed by atoms with E-state index >= 15 is 0 Å². The Bertz CT molecular complexity index is 730. The van der Waals surface area contributed by atoms with Crippen molar-refractivity contribution in [2.45, 2.75) is 38.3 Å². The van der Waals surface area contributed by atoms with Crippen LogP contribution < -0.4 is 10.1 Å². The number of hydrogen-bond acceptors (Lipinski definition) is 4. The van der Waals surface area contributed by atoms with Gasteiger partial charge in [0.15, 0.2) is 0 Å². The van der Waals surface area contributed by atoms with Gasteiger partial charge in [0.2, 0.25) is 0 Å². The first-order chi connectivity index (χ1) is 13.0. The lowest BCUT2D eigenvalue weighted by Gasteiger charge is -2.21. The molecule has 0 radical (unpaired) electrons. The predicted octanol–water partition coefficient (Wildman–Crippen LogP) is 3.96. The van der Waals surface area contributed by atoms with E-state index in [2.05, 4.69) is 5.32 Å². The summed E-state index contributed by atoms with van der Waals surface area (Å²) in [5.41, 5.74) is 1.92. The normalized spacial score (nSPS) is 12.7. The van der Waals surface area contributed by atoms with Crippen molar-refractivity contribution < 1.29 is 24.2 Å². The lowest BCUT2D eigenvalue weighted by molar-refractivity contribution is -0.137. The van der Waals surface area contributed by atoms with Crippen LogP contribution in [-0.4, -0.2) is 30.3 Å². The monoisotopic (exact) mass is 371 g/mol. The Morgan fingerprint density at radius 2 is 1.74 bits per heavy atom. The number of benzene rings is 2. The molecular formula is C21H25NO5. The van der Waals surface area contributed by atoms with Crippen molar-refractivity contribution in [3.8, 4) is 5.75 Å². The van der Waals surface area contributed by atoms with Crippen molar-refractivity contribution >= 4 is 12.1 Å². The number of hydrogen-bond donors (Lipinski definition) is 2. The average molecular weight is 371 g/mol. The van der Waals surface area contributed by atoms with Crippen molar-refractivity contribution in [3.05, 3.63) is 65.7 Å². The van der Waals surface area contributed by atoms with Gasteiger partial charge in [0, 0.05) is 6.04 Å². The third-order valence-corrected chi connectivity index (χ3v) is 4.28. The molecule has 0 aliphatic carbocycles. The molecule has 0 fully saturated rings. The quantitative estimate of drug-likeness (QED) is 0.697. The van der Waals surface area contributed by atoms with Gasteiger partial charge in [0.25, 0.3) is 0 Å². The fourth-order valence-electron chi connectivity index (χ4n) is 2.83. The first-order valence-corrected chi connectivity index (χ1v) is 8.81. The van der Waals surface area contributed by atoms with Crippen LogP contribution in [0.2, 0.25) is 0 Å². The van der Waals surface area contributed by atoms with Crippen LogP contribution in [-0.2, 0) is 16.1 Å². The summed E-state index contributed by atoms with van der Waals surface area (Å²) < 4.78 is 10.3. The van der Waals surface area contributed by atoms with Gasteiger partial charge in [-0.05, 0) is 35.6 Å². The summed E-state index contributed by atoms with van der Waals surface area (Å²) in [6.07, 6.45) is -0.299. The molecule has 2 atom stereocenters. The molecule has 2 aromatic rings. The summed E-state index contributed by atoms with van der Waals surface area (Å²) in [5.74, 6) is -0.143. The van der Waals surface area contributed by atoms with Crippen LogP contribution in [0.5, 0.6) is 5.75 Å². The lowest BCUT2D eigenvalue weighted by atomic mass is 9.92. The molecule has 2 rings (SSSR count).